The molecular formula is C18H16ClFN2O2. The van der Waals surface area contributed by atoms with Gasteiger partial charge in [0.2, 0.25) is 5.91 Å². The Balaban J connectivity index is 2.30. The summed E-state index contributed by atoms with van der Waals surface area (Å²) in [6.45, 7) is 3.21. The van der Waals surface area contributed by atoms with Crippen molar-refractivity contribution >= 4 is 35.2 Å². The quantitative estimate of drug-likeness (QED) is 0.825. The number of halogens is 2. The maximum atomic E-state index is 13.2. The number of anilines is 1. The molecular weight excluding hydrogens is 331 g/mol. The highest BCUT2D eigenvalue weighted by Gasteiger charge is 2.13. The van der Waals surface area contributed by atoms with Crippen LogP contribution in [0.4, 0.5) is 10.1 Å². The second-order valence-corrected chi connectivity index (χ2v) is 5.59. The molecule has 0 radical (unpaired) electrons. The molecule has 2 aromatic carbocycles. The van der Waals surface area contributed by atoms with Gasteiger partial charge >= 0.3 is 0 Å². The zero-order valence-corrected chi connectivity index (χ0v) is 13.9. The molecule has 0 saturated heterocycles. The van der Waals surface area contributed by atoms with E-state index in [4.69, 9.17) is 11.6 Å². The highest BCUT2D eigenvalue weighted by Crippen LogP contribution is 2.20. The minimum atomic E-state index is -0.577. The monoisotopic (exact) mass is 346 g/mol. The minimum Gasteiger partial charge on any atom is -0.322 e. The second kappa shape index (κ2) is 7.75. The van der Waals surface area contributed by atoms with Crippen molar-refractivity contribution in [2.24, 2.45) is 0 Å². The summed E-state index contributed by atoms with van der Waals surface area (Å²) >= 11 is 5.70. The van der Waals surface area contributed by atoms with E-state index in [0.29, 0.717) is 5.69 Å². The van der Waals surface area contributed by atoms with Crippen molar-refractivity contribution in [2.45, 2.75) is 13.8 Å². The van der Waals surface area contributed by atoms with E-state index >= 15 is 0 Å². The minimum absolute atomic E-state index is 0.0808. The van der Waals surface area contributed by atoms with E-state index in [-0.39, 0.29) is 16.6 Å². The highest BCUT2D eigenvalue weighted by molar-refractivity contribution is 6.31. The van der Waals surface area contributed by atoms with Crippen molar-refractivity contribution in [3.05, 3.63) is 70.1 Å². The first-order valence-corrected chi connectivity index (χ1v) is 7.56. The number of amides is 2. The van der Waals surface area contributed by atoms with Gasteiger partial charge in [-0.1, -0.05) is 35.9 Å². The molecule has 2 rings (SSSR count). The lowest BCUT2D eigenvalue weighted by Crippen LogP contribution is -2.29. The Bertz CT molecular complexity index is 818. The normalized spacial score (nSPS) is 11.1. The van der Waals surface area contributed by atoms with E-state index in [2.05, 4.69) is 10.6 Å². The molecule has 2 N–H and O–H groups in total. The van der Waals surface area contributed by atoms with Crippen LogP contribution in [-0.2, 0) is 9.59 Å². The maximum Gasteiger partial charge on any atom is 0.272 e. The standard InChI is InChI=1S/C18H16ClFN2O2/c1-11-5-3-4-6-13(11)9-17(21-12(2)23)18(24)22-14-7-8-16(20)15(19)10-14/h3-10H,1-2H3,(H,21,23)(H,22,24). The van der Waals surface area contributed by atoms with Gasteiger partial charge in [0.25, 0.3) is 5.91 Å². The molecule has 0 aliphatic carbocycles. The molecule has 2 aromatic rings. The van der Waals surface area contributed by atoms with Crippen LogP contribution in [0.5, 0.6) is 0 Å². The molecule has 124 valence electrons. The summed E-state index contributed by atoms with van der Waals surface area (Å²) in [4.78, 5) is 23.8. The van der Waals surface area contributed by atoms with Crippen molar-refractivity contribution in [2.75, 3.05) is 5.32 Å². The Labute approximate surface area is 144 Å². The summed E-state index contributed by atoms with van der Waals surface area (Å²) in [7, 11) is 0. The molecule has 6 heteroatoms. The van der Waals surface area contributed by atoms with Crippen LogP contribution in [0.2, 0.25) is 5.02 Å². The van der Waals surface area contributed by atoms with Crippen molar-refractivity contribution in [1.82, 2.24) is 5.32 Å². The van der Waals surface area contributed by atoms with Gasteiger partial charge in [0.05, 0.1) is 5.02 Å². The van der Waals surface area contributed by atoms with Crippen LogP contribution in [0.25, 0.3) is 6.08 Å². The molecule has 4 nitrogen and oxygen atoms in total. The lowest BCUT2D eigenvalue weighted by molar-refractivity contribution is -0.120. The molecule has 0 saturated carbocycles. The Morgan fingerprint density at radius 2 is 1.88 bits per heavy atom. The molecule has 0 atom stereocenters. The van der Waals surface area contributed by atoms with Crippen LogP contribution in [0.15, 0.2) is 48.2 Å². The number of hydrogen-bond donors (Lipinski definition) is 2. The largest absolute Gasteiger partial charge is 0.322 e. The van der Waals surface area contributed by atoms with Crippen LogP contribution >= 0.6 is 11.6 Å². The van der Waals surface area contributed by atoms with Gasteiger partial charge in [0.15, 0.2) is 0 Å². The van der Waals surface area contributed by atoms with Crippen LogP contribution in [-0.4, -0.2) is 11.8 Å². The van der Waals surface area contributed by atoms with E-state index in [1.54, 1.807) is 6.08 Å². The number of aryl methyl sites for hydroxylation is 1. The van der Waals surface area contributed by atoms with Gasteiger partial charge < -0.3 is 10.6 Å². The Hall–Kier alpha value is -2.66. The van der Waals surface area contributed by atoms with Gasteiger partial charge in [-0.15, -0.1) is 0 Å². The predicted octanol–water partition coefficient (Wildman–Crippen LogP) is 3.90. The molecule has 0 bridgehead atoms. The van der Waals surface area contributed by atoms with Gasteiger partial charge in [-0.3, -0.25) is 9.59 Å². The van der Waals surface area contributed by atoms with Crippen molar-refractivity contribution in [3.63, 3.8) is 0 Å². The maximum absolute atomic E-state index is 13.2. The molecule has 0 aromatic heterocycles. The number of hydrogen-bond acceptors (Lipinski definition) is 2. The lowest BCUT2D eigenvalue weighted by Gasteiger charge is -2.11. The summed E-state index contributed by atoms with van der Waals surface area (Å²) in [6.07, 6.45) is 1.58. The van der Waals surface area contributed by atoms with Crippen LogP contribution in [0, 0.1) is 12.7 Å². The summed E-state index contributed by atoms with van der Waals surface area (Å²) in [6, 6.07) is 11.3. The molecule has 0 aliphatic rings. The Morgan fingerprint density at radius 1 is 1.17 bits per heavy atom. The van der Waals surface area contributed by atoms with Crippen LogP contribution < -0.4 is 10.6 Å². The number of nitrogens with one attached hydrogen (secondary N) is 2. The second-order valence-electron chi connectivity index (χ2n) is 5.18. The summed E-state index contributed by atoms with van der Waals surface area (Å²) < 4.78 is 13.2. The van der Waals surface area contributed by atoms with Gasteiger partial charge in [-0.05, 0) is 42.3 Å². The van der Waals surface area contributed by atoms with Crippen molar-refractivity contribution in [3.8, 4) is 0 Å². The number of rotatable bonds is 4. The Morgan fingerprint density at radius 3 is 2.50 bits per heavy atom. The van der Waals surface area contributed by atoms with Gasteiger partial charge in [0, 0.05) is 12.6 Å². The third-order valence-electron chi connectivity index (χ3n) is 3.22. The zero-order chi connectivity index (χ0) is 17.7. The molecule has 2 amide bonds. The first kappa shape index (κ1) is 17.7. The first-order valence-electron chi connectivity index (χ1n) is 7.18. The van der Waals surface area contributed by atoms with E-state index < -0.39 is 11.7 Å². The Kier molecular flexibility index (Phi) is 5.71. The van der Waals surface area contributed by atoms with E-state index in [9.17, 15) is 14.0 Å². The van der Waals surface area contributed by atoms with E-state index in [0.717, 1.165) is 17.2 Å². The van der Waals surface area contributed by atoms with Crippen molar-refractivity contribution < 1.29 is 14.0 Å². The zero-order valence-electron chi connectivity index (χ0n) is 13.2. The summed E-state index contributed by atoms with van der Waals surface area (Å²) in [5.41, 5.74) is 2.16. The molecule has 24 heavy (non-hydrogen) atoms. The fourth-order valence-corrected chi connectivity index (χ4v) is 2.21. The summed E-state index contributed by atoms with van der Waals surface area (Å²) in [5.74, 6) is -1.48. The van der Waals surface area contributed by atoms with Gasteiger partial charge in [-0.2, -0.15) is 0 Å². The summed E-state index contributed by atoms with van der Waals surface area (Å²) in [5, 5.41) is 4.99. The van der Waals surface area contributed by atoms with Gasteiger partial charge in [0.1, 0.15) is 11.5 Å². The van der Waals surface area contributed by atoms with Crippen LogP contribution in [0.1, 0.15) is 18.1 Å². The number of carbonyl (C=O) groups excluding carboxylic acids is 2. The predicted molar refractivity (Wildman–Crippen MR) is 93.0 cm³/mol. The average Bonchev–Trinajstić information content (AvgIpc) is 2.52. The average molecular weight is 347 g/mol. The fourth-order valence-electron chi connectivity index (χ4n) is 2.02. The lowest BCUT2D eigenvalue weighted by atomic mass is 10.1. The van der Waals surface area contributed by atoms with E-state index in [1.165, 1.54) is 19.1 Å². The van der Waals surface area contributed by atoms with E-state index in [1.807, 2.05) is 31.2 Å². The highest BCUT2D eigenvalue weighted by atomic mass is 35.5. The van der Waals surface area contributed by atoms with Gasteiger partial charge in [-0.25, -0.2) is 4.39 Å². The smallest absolute Gasteiger partial charge is 0.272 e. The molecule has 0 spiro atoms. The van der Waals surface area contributed by atoms with Crippen molar-refractivity contribution in [1.29, 1.82) is 0 Å². The number of carbonyl (C=O) groups is 2. The fraction of sp³-hybridized carbons (Fsp3) is 0.111. The molecule has 0 fully saturated rings. The first-order chi connectivity index (χ1) is 11.4. The van der Waals surface area contributed by atoms with Crippen LogP contribution in [0.3, 0.4) is 0 Å². The molecule has 0 aliphatic heterocycles. The molecule has 0 heterocycles. The molecule has 0 unspecified atom stereocenters. The third-order valence-corrected chi connectivity index (χ3v) is 3.51. The SMILES string of the molecule is CC(=O)NC(=Cc1ccccc1C)C(=O)Nc1ccc(F)c(Cl)c1. The topological polar surface area (TPSA) is 58.2 Å². The third kappa shape index (κ3) is 4.67. The number of benzene rings is 2.